The van der Waals surface area contributed by atoms with E-state index < -0.39 is 11.7 Å². The van der Waals surface area contributed by atoms with E-state index in [9.17, 15) is 9.18 Å². The predicted octanol–water partition coefficient (Wildman–Crippen LogP) is 1.78. The number of halogens is 1. The van der Waals surface area contributed by atoms with Crippen LogP contribution in [0, 0.1) is 12.7 Å². The average Bonchev–Trinajstić information content (AvgIpc) is 2.74. The Morgan fingerprint density at radius 3 is 2.78 bits per heavy atom. The molecule has 6 nitrogen and oxygen atoms in total. The number of ether oxygens (including phenoxy) is 1. The van der Waals surface area contributed by atoms with Crippen molar-refractivity contribution in [3.8, 4) is 5.75 Å². The number of rotatable bonds is 3. The van der Waals surface area contributed by atoms with E-state index in [0.29, 0.717) is 11.6 Å². The number of hydrogen-bond donors (Lipinski definition) is 1. The van der Waals surface area contributed by atoms with E-state index in [2.05, 4.69) is 15.5 Å². The van der Waals surface area contributed by atoms with Gasteiger partial charge in [-0.25, -0.2) is 4.39 Å². The smallest absolute Gasteiger partial charge is 0.322 e. The minimum absolute atomic E-state index is 0.0762. The van der Waals surface area contributed by atoms with E-state index in [1.165, 1.54) is 19.2 Å². The number of nitrogens with zero attached hydrogens (tertiary/aromatic N) is 2. The minimum atomic E-state index is -0.692. The molecule has 0 aliphatic rings. The van der Waals surface area contributed by atoms with Crippen LogP contribution in [0.1, 0.15) is 16.2 Å². The Morgan fingerprint density at radius 1 is 1.44 bits per heavy atom. The van der Waals surface area contributed by atoms with Crippen LogP contribution in [-0.2, 0) is 0 Å². The molecule has 94 valence electrons. The Kier molecular flexibility index (Phi) is 3.22. The third-order valence-corrected chi connectivity index (χ3v) is 2.17. The van der Waals surface area contributed by atoms with Crippen LogP contribution in [0.15, 0.2) is 22.6 Å². The molecule has 0 unspecified atom stereocenters. The standard InChI is InChI=1S/C11H10FN3O3/c1-6-14-15-11(18-6)13-10(16)8-4-3-7(17-2)5-9(8)12/h3-5H,1-2H3,(H,13,15,16). The lowest BCUT2D eigenvalue weighted by Gasteiger charge is -2.04. The minimum Gasteiger partial charge on any atom is -0.497 e. The van der Waals surface area contributed by atoms with Crippen molar-refractivity contribution < 1.29 is 18.3 Å². The predicted molar refractivity (Wildman–Crippen MR) is 59.9 cm³/mol. The average molecular weight is 251 g/mol. The van der Waals surface area contributed by atoms with Gasteiger partial charge in [0, 0.05) is 13.0 Å². The highest BCUT2D eigenvalue weighted by atomic mass is 19.1. The van der Waals surface area contributed by atoms with Gasteiger partial charge < -0.3 is 9.15 Å². The highest BCUT2D eigenvalue weighted by Gasteiger charge is 2.15. The maximum atomic E-state index is 13.6. The molecule has 0 spiro atoms. The summed E-state index contributed by atoms with van der Waals surface area (Å²) in [6, 6.07) is 3.84. The second-order valence-electron chi connectivity index (χ2n) is 3.43. The fourth-order valence-electron chi connectivity index (χ4n) is 1.32. The van der Waals surface area contributed by atoms with Gasteiger partial charge in [-0.2, -0.15) is 0 Å². The number of hydrogen-bond acceptors (Lipinski definition) is 5. The molecule has 1 heterocycles. The van der Waals surface area contributed by atoms with Crippen LogP contribution in [0.5, 0.6) is 5.75 Å². The largest absolute Gasteiger partial charge is 0.497 e. The van der Waals surface area contributed by atoms with E-state index >= 15 is 0 Å². The van der Waals surface area contributed by atoms with Gasteiger partial charge in [0.05, 0.1) is 12.7 Å². The molecule has 0 saturated heterocycles. The SMILES string of the molecule is COc1ccc(C(=O)Nc2nnc(C)o2)c(F)c1. The fourth-order valence-corrected chi connectivity index (χ4v) is 1.32. The van der Waals surface area contributed by atoms with Crippen LogP contribution in [0.4, 0.5) is 10.4 Å². The Hall–Kier alpha value is -2.44. The van der Waals surface area contributed by atoms with Gasteiger partial charge in [0.2, 0.25) is 5.89 Å². The summed E-state index contributed by atoms with van der Waals surface area (Å²) in [5.41, 5.74) is -0.133. The number of methoxy groups -OCH3 is 1. The second-order valence-corrected chi connectivity index (χ2v) is 3.43. The quantitative estimate of drug-likeness (QED) is 0.899. The van der Waals surface area contributed by atoms with E-state index in [1.54, 1.807) is 6.92 Å². The number of benzene rings is 1. The highest BCUT2D eigenvalue weighted by Crippen LogP contribution is 2.17. The zero-order valence-electron chi connectivity index (χ0n) is 9.73. The summed E-state index contributed by atoms with van der Waals surface area (Å²) in [7, 11) is 1.41. The Morgan fingerprint density at radius 2 is 2.22 bits per heavy atom. The van der Waals surface area contributed by atoms with E-state index in [4.69, 9.17) is 9.15 Å². The zero-order valence-corrected chi connectivity index (χ0v) is 9.73. The van der Waals surface area contributed by atoms with Gasteiger partial charge in [0.25, 0.3) is 5.91 Å². The van der Waals surface area contributed by atoms with Gasteiger partial charge >= 0.3 is 6.01 Å². The summed E-state index contributed by atoms with van der Waals surface area (Å²) < 4.78 is 23.4. The number of aromatic nitrogens is 2. The van der Waals surface area contributed by atoms with E-state index in [-0.39, 0.29) is 11.6 Å². The normalized spacial score (nSPS) is 10.2. The van der Waals surface area contributed by atoms with Crippen molar-refractivity contribution in [1.82, 2.24) is 10.2 Å². The Balaban J connectivity index is 2.18. The molecule has 0 fully saturated rings. The van der Waals surface area contributed by atoms with Gasteiger partial charge in [-0.3, -0.25) is 10.1 Å². The monoisotopic (exact) mass is 251 g/mol. The topological polar surface area (TPSA) is 77.2 Å². The number of nitrogens with one attached hydrogen (secondary N) is 1. The summed E-state index contributed by atoms with van der Waals surface area (Å²) in [6.07, 6.45) is 0. The number of anilines is 1. The van der Waals surface area contributed by atoms with Crippen molar-refractivity contribution >= 4 is 11.9 Å². The van der Waals surface area contributed by atoms with Gasteiger partial charge in [-0.15, -0.1) is 5.10 Å². The fraction of sp³-hybridized carbons (Fsp3) is 0.182. The highest BCUT2D eigenvalue weighted by molar-refractivity contribution is 6.03. The number of amides is 1. The van der Waals surface area contributed by atoms with Crippen molar-refractivity contribution in [2.24, 2.45) is 0 Å². The van der Waals surface area contributed by atoms with Gasteiger partial charge in [0.1, 0.15) is 11.6 Å². The number of carbonyl (C=O) groups is 1. The summed E-state index contributed by atoms with van der Waals surface area (Å²) in [5.74, 6) is -0.722. The van der Waals surface area contributed by atoms with E-state index in [1.807, 2.05) is 0 Å². The van der Waals surface area contributed by atoms with Crippen molar-refractivity contribution in [2.45, 2.75) is 6.92 Å². The molecule has 2 rings (SSSR count). The lowest BCUT2D eigenvalue weighted by Crippen LogP contribution is -2.14. The van der Waals surface area contributed by atoms with Crippen LogP contribution in [0.3, 0.4) is 0 Å². The lowest BCUT2D eigenvalue weighted by atomic mass is 10.2. The maximum absolute atomic E-state index is 13.6. The molecule has 0 radical (unpaired) electrons. The Labute approximate surface area is 102 Å². The molecule has 0 bridgehead atoms. The van der Waals surface area contributed by atoms with Crippen molar-refractivity contribution in [3.63, 3.8) is 0 Å². The second kappa shape index (κ2) is 4.82. The molecule has 7 heteroatoms. The number of carbonyl (C=O) groups excluding carboxylic acids is 1. The molecule has 18 heavy (non-hydrogen) atoms. The van der Waals surface area contributed by atoms with Gasteiger partial charge in [-0.05, 0) is 12.1 Å². The zero-order chi connectivity index (χ0) is 13.1. The Bertz CT molecular complexity index is 583. The summed E-state index contributed by atoms with van der Waals surface area (Å²) in [4.78, 5) is 11.7. The molecule has 2 aromatic rings. The number of aryl methyl sites for hydroxylation is 1. The first-order valence-corrected chi connectivity index (χ1v) is 5.05. The molecular weight excluding hydrogens is 241 g/mol. The third-order valence-electron chi connectivity index (χ3n) is 2.17. The van der Waals surface area contributed by atoms with Gasteiger partial charge in [-0.1, -0.05) is 5.10 Å². The molecule has 1 aromatic carbocycles. The van der Waals surface area contributed by atoms with Crippen LogP contribution >= 0.6 is 0 Å². The van der Waals surface area contributed by atoms with Gasteiger partial charge in [0.15, 0.2) is 0 Å². The van der Waals surface area contributed by atoms with E-state index in [0.717, 1.165) is 6.07 Å². The summed E-state index contributed by atoms with van der Waals surface area (Å²) in [5, 5.41) is 9.41. The lowest BCUT2D eigenvalue weighted by molar-refractivity contribution is 0.102. The third kappa shape index (κ3) is 2.45. The van der Waals surface area contributed by atoms with Crippen LogP contribution in [0.2, 0.25) is 0 Å². The molecule has 1 aromatic heterocycles. The van der Waals surface area contributed by atoms with Crippen LogP contribution < -0.4 is 10.1 Å². The first kappa shape index (κ1) is 12.0. The van der Waals surface area contributed by atoms with Crippen LogP contribution in [0.25, 0.3) is 0 Å². The van der Waals surface area contributed by atoms with Crippen molar-refractivity contribution in [3.05, 3.63) is 35.5 Å². The molecule has 0 aliphatic heterocycles. The molecule has 0 aliphatic carbocycles. The molecule has 1 amide bonds. The molecular formula is C11H10FN3O3. The van der Waals surface area contributed by atoms with Crippen molar-refractivity contribution in [2.75, 3.05) is 12.4 Å². The summed E-state index contributed by atoms with van der Waals surface area (Å²) >= 11 is 0. The molecule has 0 atom stereocenters. The molecule has 1 N–H and O–H groups in total. The van der Waals surface area contributed by atoms with Crippen molar-refractivity contribution in [1.29, 1.82) is 0 Å². The van der Waals surface area contributed by atoms with Crippen LogP contribution in [-0.4, -0.2) is 23.2 Å². The summed E-state index contributed by atoms with van der Waals surface area (Å²) in [6.45, 7) is 1.58. The first-order valence-electron chi connectivity index (χ1n) is 5.05. The maximum Gasteiger partial charge on any atom is 0.322 e. The molecule has 0 saturated carbocycles. The first-order chi connectivity index (χ1) is 8.60.